The first-order valence-electron chi connectivity index (χ1n) is 3.69. The number of ether oxygens (including phenoxy) is 1. The molecule has 68 valence electrons. The summed E-state index contributed by atoms with van der Waals surface area (Å²) in [4.78, 5) is 0.821. The van der Waals surface area contributed by atoms with Gasteiger partial charge in [0, 0.05) is 0 Å². The number of thiophene rings is 1. The zero-order valence-corrected chi connectivity index (χ0v) is 8.31. The maximum atomic E-state index is 8.64. The molecule has 0 aliphatic carbocycles. The highest BCUT2D eigenvalue weighted by Gasteiger charge is 2.09. The fourth-order valence-corrected chi connectivity index (χ4v) is 1.76. The zero-order valence-electron chi connectivity index (χ0n) is 7.50. The van der Waals surface area contributed by atoms with Crippen molar-refractivity contribution in [2.24, 2.45) is 5.73 Å². The maximum Gasteiger partial charge on any atom is 0.138 e. The van der Waals surface area contributed by atoms with Crippen molar-refractivity contribution < 1.29 is 4.74 Å². The van der Waals surface area contributed by atoms with E-state index in [0.29, 0.717) is 11.3 Å². The van der Waals surface area contributed by atoms with Crippen molar-refractivity contribution in [1.29, 1.82) is 5.26 Å². The van der Waals surface area contributed by atoms with Crippen molar-refractivity contribution in [2.45, 2.75) is 6.92 Å². The molecule has 0 spiro atoms. The first-order chi connectivity index (χ1) is 6.20. The fraction of sp³-hybridized carbons (Fsp3) is 0.222. The summed E-state index contributed by atoms with van der Waals surface area (Å²) in [6.45, 7) is 1.69. The van der Waals surface area contributed by atoms with Gasteiger partial charge in [-0.3, -0.25) is 0 Å². The summed E-state index contributed by atoms with van der Waals surface area (Å²) in [6.07, 6.45) is 0. The molecule has 1 heterocycles. The molecule has 0 atom stereocenters. The molecular formula is C9H10N2OS. The molecule has 1 aromatic rings. The van der Waals surface area contributed by atoms with Gasteiger partial charge in [0.05, 0.1) is 29.3 Å². The van der Waals surface area contributed by atoms with E-state index in [1.807, 2.05) is 17.5 Å². The highest BCUT2D eigenvalue weighted by Crippen LogP contribution is 2.30. The van der Waals surface area contributed by atoms with E-state index in [-0.39, 0.29) is 0 Å². The lowest BCUT2D eigenvalue weighted by atomic mass is 10.2. The predicted molar refractivity (Wildman–Crippen MR) is 53.3 cm³/mol. The Hall–Kier alpha value is -1.47. The molecule has 4 heteroatoms. The Labute approximate surface area is 81.1 Å². The highest BCUT2D eigenvalue weighted by atomic mass is 32.1. The molecule has 0 unspecified atom stereocenters. The SMILES string of the molecule is COc1ccsc1/C(N)=C(/C)C#N. The largest absolute Gasteiger partial charge is 0.495 e. The standard InChI is InChI=1S/C9H10N2OS/c1-6(5-10)8(11)9-7(12-2)3-4-13-9/h3-4H,11H2,1-2H3/b8-6+. The molecule has 0 aliphatic rings. The van der Waals surface area contributed by atoms with Crippen LogP contribution >= 0.6 is 11.3 Å². The summed E-state index contributed by atoms with van der Waals surface area (Å²) in [5, 5.41) is 10.5. The average molecular weight is 194 g/mol. The molecule has 0 amide bonds. The first kappa shape index (κ1) is 9.62. The number of allylic oxidation sites excluding steroid dienone is 1. The van der Waals surface area contributed by atoms with Crippen LogP contribution in [0, 0.1) is 11.3 Å². The van der Waals surface area contributed by atoms with Crippen molar-refractivity contribution in [3.8, 4) is 11.8 Å². The topological polar surface area (TPSA) is 59.0 Å². The number of hydrogen-bond acceptors (Lipinski definition) is 4. The molecular weight excluding hydrogens is 184 g/mol. The van der Waals surface area contributed by atoms with E-state index in [4.69, 9.17) is 15.7 Å². The van der Waals surface area contributed by atoms with Crippen LogP contribution in [0.4, 0.5) is 0 Å². The maximum absolute atomic E-state index is 8.64. The minimum Gasteiger partial charge on any atom is -0.495 e. The Morgan fingerprint density at radius 1 is 1.69 bits per heavy atom. The van der Waals surface area contributed by atoms with Gasteiger partial charge < -0.3 is 10.5 Å². The Morgan fingerprint density at radius 3 is 2.92 bits per heavy atom. The van der Waals surface area contributed by atoms with Gasteiger partial charge in [0.1, 0.15) is 5.75 Å². The van der Waals surface area contributed by atoms with E-state index < -0.39 is 0 Å². The summed E-state index contributed by atoms with van der Waals surface area (Å²) >= 11 is 1.47. The second-order valence-electron chi connectivity index (χ2n) is 2.47. The highest BCUT2D eigenvalue weighted by molar-refractivity contribution is 7.11. The van der Waals surface area contributed by atoms with Gasteiger partial charge in [-0.05, 0) is 18.4 Å². The number of nitrogens with zero attached hydrogens (tertiary/aromatic N) is 1. The van der Waals surface area contributed by atoms with Gasteiger partial charge in [-0.1, -0.05) is 0 Å². The summed E-state index contributed by atoms with van der Waals surface area (Å²) in [5.74, 6) is 0.720. The van der Waals surface area contributed by atoms with Crippen LogP contribution in [0.3, 0.4) is 0 Å². The lowest BCUT2D eigenvalue weighted by Gasteiger charge is -2.02. The van der Waals surface area contributed by atoms with Crippen molar-refractivity contribution in [2.75, 3.05) is 7.11 Å². The molecule has 0 aromatic carbocycles. The van der Waals surface area contributed by atoms with E-state index in [1.165, 1.54) is 11.3 Å². The van der Waals surface area contributed by atoms with Crippen LogP contribution in [0.1, 0.15) is 11.8 Å². The van der Waals surface area contributed by atoms with E-state index in [9.17, 15) is 0 Å². The lowest BCUT2D eigenvalue weighted by molar-refractivity contribution is 0.415. The lowest BCUT2D eigenvalue weighted by Crippen LogP contribution is -1.98. The van der Waals surface area contributed by atoms with Gasteiger partial charge >= 0.3 is 0 Å². The molecule has 2 N–H and O–H groups in total. The molecule has 0 saturated heterocycles. The first-order valence-corrected chi connectivity index (χ1v) is 4.57. The van der Waals surface area contributed by atoms with Crippen LogP contribution < -0.4 is 10.5 Å². The van der Waals surface area contributed by atoms with Crippen LogP contribution in [-0.4, -0.2) is 7.11 Å². The molecule has 0 bridgehead atoms. The van der Waals surface area contributed by atoms with Crippen LogP contribution in [0.25, 0.3) is 5.70 Å². The molecule has 0 aliphatic heterocycles. The number of rotatable bonds is 2. The molecule has 1 aromatic heterocycles. The molecule has 13 heavy (non-hydrogen) atoms. The second kappa shape index (κ2) is 3.97. The van der Waals surface area contributed by atoms with Crippen molar-refractivity contribution in [3.63, 3.8) is 0 Å². The number of nitriles is 1. The van der Waals surface area contributed by atoms with Gasteiger partial charge in [-0.15, -0.1) is 11.3 Å². The number of nitrogens with two attached hydrogens (primary N) is 1. The normalized spacial score (nSPS) is 11.8. The van der Waals surface area contributed by atoms with E-state index in [1.54, 1.807) is 14.0 Å². The Bertz CT molecular complexity index is 373. The van der Waals surface area contributed by atoms with Crippen LogP contribution in [0.5, 0.6) is 5.75 Å². The second-order valence-corrected chi connectivity index (χ2v) is 3.38. The Morgan fingerprint density at radius 2 is 2.38 bits per heavy atom. The van der Waals surface area contributed by atoms with Crippen molar-refractivity contribution in [1.82, 2.24) is 0 Å². The molecule has 1 rings (SSSR count). The van der Waals surface area contributed by atoms with Gasteiger partial charge in [0.25, 0.3) is 0 Å². The van der Waals surface area contributed by atoms with Crippen LogP contribution in [0.2, 0.25) is 0 Å². The summed E-state index contributed by atoms with van der Waals surface area (Å²) in [6, 6.07) is 3.84. The van der Waals surface area contributed by atoms with Gasteiger partial charge in [-0.2, -0.15) is 5.26 Å². The number of methoxy groups -OCH3 is 1. The molecule has 3 nitrogen and oxygen atoms in total. The average Bonchev–Trinajstić information content (AvgIpc) is 2.62. The van der Waals surface area contributed by atoms with Crippen LogP contribution in [-0.2, 0) is 0 Å². The molecule has 0 saturated carbocycles. The Balaban J connectivity index is 3.17. The third-order valence-corrected chi connectivity index (χ3v) is 2.59. The predicted octanol–water partition coefficient (Wildman–Crippen LogP) is 1.97. The molecule has 0 fully saturated rings. The van der Waals surface area contributed by atoms with Gasteiger partial charge in [0.15, 0.2) is 0 Å². The van der Waals surface area contributed by atoms with E-state index in [2.05, 4.69) is 0 Å². The Kier molecular flexibility index (Phi) is 2.93. The minimum atomic E-state index is 0.495. The molecule has 0 radical (unpaired) electrons. The van der Waals surface area contributed by atoms with Crippen molar-refractivity contribution in [3.05, 3.63) is 21.9 Å². The smallest absolute Gasteiger partial charge is 0.138 e. The van der Waals surface area contributed by atoms with Crippen LogP contribution in [0.15, 0.2) is 17.0 Å². The summed E-state index contributed by atoms with van der Waals surface area (Å²) in [5.41, 5.74) is 6.77. The third kappa shape index (κ3) is 1.82. The van der Waals surface area contributed by atoms with E-state index in [0.717, 1.165) is 10.6 Å². The minimum absolute atomic E-state index is 0.495. The van der Waals surface area contributed by atoms with E-state index >= 15 is 0 Å². The van der Waals surface area contributed by atoms with Crippen molar-refractivity contribution >= 4 is 17.0 Å². The summed E-state index contributed by atoms with van der Waals surface area (Å²) in [7, 11) is 1.58. The monoisotopic (exact) mass is 194 g/mol. The van der Waals surface area contributed by atoms with Gasteiger partial charge in [0.2, 0.25) is 0 Å². The number of hydrogen-bond donors (Lipinski definition) is 1. The van der Waals surface area contributed by atoms with Gasteiger partial charge in [-0.25, -0.2) is 0 Å². The fourth-order valence-electron chi connectivity index (χ4n) is 0.885. The summed E-state index contributed by atoms with van der Waals surface area (Å²) < 4.78 is 5.09. The zero-order chi connectivity index (χ0) is 9.84. The third-order valence-electron chi connectivity index (χ3n) is 1.67. The quantitative estimate of drug-likeness (QED) is 0.732.